The number of amides is 1. The third-order valence-corrected chi connectivity index (χ3v) is 3.29. The van der Waals surface area contributed by atoms with Gasteiger partial charge in [0, 0.05) is 12.0 Å². The summed E-state index contributed by atoms with van der Waals surface area (Å²) in [4.78, 5) is 11.9. The number of nitrogens with one attached hydrogen (secondary N) is 2. The van der Waals surface area contributed by atoms with Crippen LogP contribution >= 0.6 is 0 Å². The van der Waals surface area contributed by atoms with Crippen molar-refractivity contribution >= 4 is 5.91 Å². The molecule has 0 atom stereocenters. The molecule has 16 heavy (non-hydrogen) atoms. The summed E-state index contributed by atoms with van der Waals surface area (Å²) in [6.45, 7) is 8.50. The van der Waals surface area contributed by atoms with E-state index in [2.05, 4.69) is 31.4 Å². The predicted molar refractivity (Wildman–Crippen MR) is 67.3 cm³/mol. The molecule has 94 valence electrons. The maximum atomic E-state index is 11.9. The molecule has 0 radical (unpaired) electrons. The lowest BCUT2D eigenvalue weighted by atomic mass is 9.93. The number of rotatable bonds is 5. The van der Waals surface area contributed by atoms with Crippen molar-refractivity contribution in [3.05, 3.63) is 0 Å². The van der Waals surface area contributed by atoms with E-state index >= 15 is 0 Å². The Labute approximate surface area is 99.4 Å². The SMILES string of the molecule is CCCC(C)(C)NC(=O)CC1CCNCC1. The van der Waals surface area contributed by atoms with Crippen LogP contribution in [0.2, 0.25) is 0 Å². The molecular formula is C13H26N2O. The highest BCUT2D eigenvalue weighted by atomic mass is 16.1. The molecule has 0 spiro atoms. The lowest BCUT2D eigenvalue weighted by molar-refractivity contribution is -0.123. The van der Waals surface area contributed by atoms with Crippen LogP contribution in [0.1, 0.15) is 52.9 Å². The van der Waals surface area contributed by atoms with Gasteiger partial charge in [0.15, 0.2) is 0 Å². The first-order valence-corrected chi connectivity index (χ1v) is 6.55. The van der Waals surface area contributed by atoms with Gasteiger partial charge in [0.2, 0.25) is 5.91 Å². The standard InChI is InChI=1S/C13H26N2O/c1-4-7-13(2,3)15-12(16)10-11-5-8-14-9-6-11/h11,14H,4-10H2,1-3H3,(H,15,16). The van der Waals surface area contributed by atoms with Gasteiger partial charge in [-0.3, -0.25) is 4.79 Å². The van der Waals surface area contributed by atoms with Gasteiger partial charge in [0.25, 0.3) is 0 Å². The topological polar surface area (TPSA) is 41.1 Å². The monoisotopic (exact) mass is 226 g/mol. The van der Waals surface area contributed by atoms with E-state index in [-0.39, 0.29) is 11.4 Å². The fourth-order valence-electron chi connectivity index (χ4n) is 2.46. The van der Waals surface area contributed by atoms with Gasteiger partial charge in [0.05, 0.1) is 0 Å². The highest BCUT2D eigenvalue weighted by Crippen LogP contribution is 2.17. The molecule has 0 unspecified atom stereocenters. The Morgan fingerprint density at radius 1 is 1.38 bits per heavy atom. The van der Waals surface area contributed by atoms with Crippen LogP contribution < -0.4 is 10.6 Å². The molecule has 0 bridgehead atoms. The molecule has 0 aromatic rings. The second kappa shape index (κ2) is 6.24. The highest BCUT2D eigenvalue weighted by molar-refractivity contribution is 5.76. The van der Waals surface area contributed by atoms with Gasteiger partial charge in [0.1, 0.15) is 0 Å². The zero-order chi connectivity index (χ0) is 12.0. The van der Waals surface area contributed by atoms with Gasteiger partial charge in [-0.2, -0.15) is 0 Å². The Morgan fingerprint density at radius 2 is 2.00 bits per heavy atom. The van der Waals surface area contributed by atoms with Crippen LogP contribution in [-0.2, 0) is 4.79 Å². The Kier molecular flexibility index (Phi) is 5.26. The molecule has 1 aliphatic rings. The van der Waals surface area contributed by atoms with E-state index < -0.39 is 0 Å². The molecule has 0 aromatic heterocycles. The number of hydrogen-bond donors (Lipinski definition) is 2. The zero-order valence-electron chi connectivity index (χ0n) is 10.9. The van der Waals surface area contributed by atoms with E-state index in [1.54, 1.807) is 0 Å². The fraction of sp³-hybridized carbons (Fsp3) is 0.923. The van der Waals surface area contributed by atoms with Crippen LogP contribution in [0.15, 0.2) is 0 Å². The van der Waals surface area contributed by atoms with Gasteiger partial charge in [-0.15, -0.1) is 0 Å². The molecule has 1 amide bonds. The van der Waals surface area contributed by atoms with Crippen molar-refractivity contribution in [1.29, 1.82) is 0 Å². The lowest BCUT2D eigenvalue weighted by Gasteiger charge is -2.28. The summed E-state index contributed by atoms with van der Waals surface area (Å²) in [5.41, 5.74) is -0.0429. The van der Waals surface area contributed by atoms with E-state index in [1.807, 2.05) is 0 Å². The first kappa shape index (κ1) is 13.5. The Balaban J connectivity index is 2.28. The molecule has 3 heteroatoms. The van der Waals surface area contributed by atoms with E-state index in [1.165, 1.54) is 0 Å². The summed E-state index contributed by atoms with van der Waals surface area (Å²) in [7, 11) is 0. The van der Waals surface area contributed by atoms with E-state index in [4.69, 9.17) is 0 Å². The second-order valence-electron chi connectivity index (χ2n) is 5.58. The molecule has 0 aliphatic carbocycles. The molecule has 1 aliphatic heterocycles. The molecule has 0 saturated carbocycles. The molecular weight excluding hydrogens is 200 g/mol. The van der Waals surface area contributed by atoms with Crippen molar-refractivity contribution in [2.24, 2.45) is 5.92 Å². The van der Waals surface area contributed by atoms with Crippen LogP contribution in [0.4, 0.5) is 0 Å². The number of piperidine rings is 1. The minimum absolute atomic E-state index is 0.0429. The van der Waals surface area contributed by atoms with Gasteiger partial charge in [-0.1, -0.05) is 13.3 Å². The third kappa shape index (κ3) is 4.97. The molecule has 1 rings (SSSR count). The third-order valence-electron chi connectivity index (χ3n) is 3.29. The summed E-state index contributed by atoms with van der Waals surface area (Å²) >= 11 is 0. The highest BCUT2D eigenvalue weighted by Gasteiger charge is 2.22. The maximum Gasteiger partial charge on any atom is 0.220 e. The van der Waals surface area contributed by atoms with E-state index in [0.717, 1.165) is 38.8 Å². The first-order chi connectivity index (χ1) is 7.53. The maximum absolute atomic E-state index is 11.9. The second-order valence-corrected chi connectivity index (χ2v) is 5.58. The summed E-state index contributed by atoms with van der Waals surface area (Å²) in [5.74, 6) is 0.809. The Hall–Kier alpha value is -0.570. The van der Waals surface area contributed by atoms with E-state index in [9.17, 15) is 4.79 Å². The van der Waals surface area contributed by atoms with Gasteiger partial charge < -0.3 is 10.6 Å². The predicted octanol–water partition coefficient (Wildman–Crippen LogP) is 2.07. The molecule has 1 saturated heterocycles. The Morgan fingerprint density at radius 3 is 2.56 bits per heavy atom. The summed E-state index contributed by atoms with van der Waals surface area (Å²) in [6, 6.07) is 0. The molecule has 3 nitrogen and oxygen atoms in total. The van der Waals surface area contributed by atoms with Crippen molar-refractivity contribution in [2.45, 2.75) is 58.4 Å². The minimum atomic E-state index is -0.0429. The smallest absolute Gasteiger partial charge is 0.220 e. The Bertz CT molecular complexity index is 220. The van der Waals surface area contributed by atoms with Crippen LogP contribution in [0.5, 0.6) is 0 Å². The minimum Gasteiger partial charge on any atom is -0.351 e. The summed E-state index contributed by atoms with van der Waals surface area (Å²) < 4.78 is 0. The van der Waals surface area contributed by atoms with Crippen LogP contribution in [-0.4, -0.2) is 24.5 Å². The van der Waals surface area contributed by atoms with Crippen LogP contribution in [0.25, 0.3) is 0 Å². The zero-order valence-corrected chi connectivity index (χ0v) is 10.9. The molecule has 2 N–H and O–H groups in total. The van der Waals surface area contributed by atoms with Gasteiger partial charge in [-0.05, 0) is 52.1 Å². The van der Waals surface area contributed by atoms with E-state index in [0.29, 0.717) is 12.3 Å². The van der Waals surface area contributed by atoms with Crippen molar-refractivity contribution in [3.63, 3.8) is 0 Å². The van der Waals surface area contributed by atoms with Crippen molar-refractivity contribution in [2.75, 3.05) is 13.1 Å². The quantitative estimate of drug-likeness (QED) is 0.753. The average molecular weight is 226 g/mol. The fourth-order valence-corrected chi connectivity index (χ4v) is 2.46. The molecule has 1 fully saturated rings. The van der Waals surface area contributed by atoms with Crippen molar-refractivity contribution in [3.8, 4) is 0 Å². The summed E-state index contributed by atoms with van der Waals surface area (Å²) in [6.07, 6.45) is 5.14. The number of carbonyl (C=O) groups excluding carboxylic acids is 1. The van der Waals surface area contributed by atoms with Crippen LogP contribution in [0.3, 0.4) is 0 Å². The largest absolute Gasteiger partial charge is 0.351 e. The first-order valence-electron chi connectivity index (χ1n) is 6.55. The lowest BCUT2D eigenvalue weighted by Crippen LogP contribution is -2.44. The molecule has 0 aromatic carbocycles. The van der Waals surface area contributed by atoms with Crippen LogP contribution in [0, 0.1) is 5.92 Å². The van der Waals surface area contributed by atoms with Gasteiger partial charge in [-0.25, -0.2) is 0 Å². The number of hydrogen-bond acceptors (Lipinski definition) is 2. The normalized spacial score (nSPS) is 18.4. The average Bonchev–Trinajstić information content (AvgIpc) is 2.17. The van der Waals surface area contributed by atoms with Crippen molar-refractivity contribution in [1.82, 2.24) is 10.6 Å². The van der Waals surface area contributed by atoms with Gasteiger partial charge >= 0.3 is 0 Å². The van der Waals surface area contributed by atoms with Crippen molar-refractivity contribution < 1.29 is 4.79 Å². The molecule has 1 heterocycles. The number of carbonyl (C=O) groups is 1. The summed E-state index contributed by atoms with van der Waals surface area (Å²) in [5, 5.41) is 6.47.